The molecule has 0 aromatic rings. The molecule has 0 spiro atoms. The summed E-state index contributed by atoms with van der Waals surface area (Å²) in [7, 11) is -2.17. The molecule has 0 atom stereocenters. The smallest absolute Gasteiger partial charge is 0.402 e. The van der Waals surface area contributed by atoms with Gasteiger partial charge in [0.05, 0.1) is 26.4 Å². The van der Waals surface area contributed by atoms with Crippen molar-refractivity contribution in [3.8, 4) is 0 Å². The molecule has 0 bridgehead atoms. The summed E-state index contributed by atoms with van der Waals surface area (Å²) < 4.78 is 0. The van der Waals surface area contributed by atoms with E-state index in [1.165, 1.54) is 5.23 Å². The molecule has 8 nitrogen and oxygen atoms in total. The summed E-state index contributed by atoms with van der Waals surface area (Å²) in [5.41, 5.74) is 0. The van der Waals surface area contributed by atoms with Gasteiger partial charge in [0.2, 0.25) is 0 Å². The molecule has 15 heavy (non-hydrogen) atoms. The van der Waals surface area contributed by atoms with Gasteiger partial charge < -0.3 is 25.3 Å². The predicted molar refractivity (Wildman–Crippen MR) is 50.9 cm³/mol. The predicted octanol–water partition coefficient (Wildman–Crippen LogP) is -2.90. The summed E-state index contributed by atoms with van der Waals surface area (Å²) in [5.74, 6) is 0. The van der Waals surface area contributed by atoms with Crippen LogP contribution in [0.4, 0.5) is 0 Å². The van der Waals surface area contributed by atoms with Crippen LogP contribution in [-0.2, 0) is 9.68 Å². The lowest BCUT2D eigenvalue weighted by Crippen LogP contribution is -2.26. The highest BCUT2D eigenvalue weighted by atomic mass is 16.9. The van der Waals surface area contributed by atoms with Crippen LogP contribution in [0.3, 0.4) is 0 Å². The van der Waals surface area contributed by atoms with Crippen molar-refractivity contribution < 1.29 is 35.0 Å². The molecule has 0 aliphatic heterocycles. The van der Waals surface area contributed by atoms with Crippen molar-refractivity contribution in [3.05, 3.63) is 0 Å². The van der Waals surface area contributed by atoms with E-state index in [1.54, 1.807) is 0 Å². The van der Waals surface area contributed by atoms with Crippen LogP contribution in [0.15, 0.2) is 0 Å². The quantitative estimate of drug-likeness (QED) is 0.232. The van der Waals surface area contributed by atoms with Gasteiger partial charge in [0.15, 0.2) is 0 Å². The van der Waals surface area contributed by atoms with E-state index in [1.807, 2.05) is 6.92 Å². The Hall–Kier alpha value is -0.255. The Bertz CT molecular complexity index is 107. The van der Waals surface area contributed by atoms with Crippen LogP contribution in [0.5, 0.6) is 0 Å². The Morgan fingerprint density at radius 2 is 1.33 bits per heavy atom. The van der Waals surface area contributed by atoms with Crippen molar-refractivity contribution >= 4 is 7.32 Å². The molecule has 0 heterocycles. The van der Waals surface area contributed by atoms with E-state index in [0.29, 0.717) is 6.54 Å². The first-order valence-corrected chi connectivity index (χ1v) is 4.37. The standard InChI is InChI=1S/C6H15NO4.BH3O3/c1-2-7(10-5-3-8)11-6-4-9;2-1(3)4/h8-9H,2-6H2,1H3;2-4H. The molecule has 0 aliphatic carbocycles. The zero-order chi connectivity index (χ0) is 12.1. The van der Waals surface area contributed by atoms with E-state index in [4.69, 9.17) is 35.0 Å². The van der Waals surface area contributed by atoms with Crippen LogP contribution in [0.25, 0.3) is 0 Å². The SMILES string of the molecule is CCN(OCCO)OCCO.OB(O)O. The van der Waals surface area contributed by atoms with Crippen molar-refractivity contribution in [1.29, 1.82) is 0 Å². The number of aliphatic hydroxyl groups excluding tert-OH is 2. The van der Waals surface area contributed by atoms with Gasteiger partial charge in [-0.05, 0) is 6.92 Å². The van der Waals surface area contributed by atoms with E-state index < -0.39 is 7.32 Å². The average Bonchev–Trinajstić information content (AvgIpc) is 2.17. The summed E-state index contributed by atoms with van der Waals surface area (Å²) in [5, 5.41) is 39.5. The highest BCUT2D eigenvalue weighted by molar-refractivity contribution is 6.30. The third kappa shape index (κ3) is 20.0. The van der Waals surface area contributed by atoms with Gasteiger partial charge in [0.25, 0.3) is 0 Å². The van der Waals surface area contributed by atoms with Gasteiger partial charge >= 0.3 is 7.32 Å². The molecular weight excluding hydrogens is 209 g/mol. The fourth-order valence-electron chi connectivity index (χ4n) is 0.505. The third-order valence-corrected chi connectivity index (χ3v) is 0.911. The molecule has 0 fully saturated rings. The first kappa shape index (κ1) is 17.1. The van der Waals surface area contributed by atoms with Crippen molar-refractivity contribution in [2.75, 3.05) is 33.0 Å². The number of aliphatic hydroxyl groups is 2. The van der Waals surface area contributed by atoms with Crippen LogP contribution in [0, 0.1) is 0 Å². The van der Waals surface area contributed by atoms with E-state index in [-0.39, 0.29) is 26.4 Å². The minimum atomic E-state index is -2.17. The van der Waals surface area contributed by atoms with Gasteiger partial charge in [0.1, 0.15) is 0 Å². The van der Waals surface area contributed by atoms with Crippen LogP contribution in [-0.4, -0.2) is 70.8 Å². The van der Waals surface area contributed by atoms with Gasteiger partial charge in [-0.15, -0.1) is 0 Å². The first-order chi connectivity index (χ1) is 7.08. The van der Waals surface area contributed by atoms with Gasteiger partial charge in [-0.2, -0.15) is 0 Å². The second kappa shape index (κ2) is 13.7. The zero-order valence-electron chi connectivity index (χ0n) is 8.61. The molecule has 0 saturated carbocycles. The second-order valence-corrected chi connectivity index (χ2v) is 2.11. The highest BCUT2D eigenvalue weighted by Crippen LogP contribution is 1.90. The number of rotatable bonds is 7. The van der Waals surface area contributed by atoms with Crippen molar-refractivity contribution in [2.24, 2.45) is 0 Å². The molecule has 0 unspecified atom stereocenters. The van der Waals surface area contributed by atoms with E-state index >= 15 is 0 Å². The molecule has 0 aliphatic rings. The molecule has 0 saturated heterocycles. The zero-order valence-corrected chi connectivity index (χ0v) is 8.61. The normalized spacial score (nSPS) is 9.80. The molecule has 0 rings (SSSR count). The summed E-state index contributed by atoms with van der Waals surface area (Å²) >= 11 is 0. The van der Waals surface area contributed by atoms with Gasteiger partial charge in [-0.1, -0.05) is 5.23 Å². The monoisotopic (exact) mass is 227 g/mol. The first-order valence-electron chi connectivity index (χ1n) is 4.37. The van der Waals surface area contributed by atoms with Crippen LogP contribution < -0.4 is 0 Å². The Kier molecular flexibility index (Phi) is 15.7. The lowest BCUT2D eigenvalue weighted by molar-refractivity contribution is -0.369. The fraction of sp³-hybridized carbons (Fsp3) is 1.00. The van der Waals surface area contributed by atoms with Crippen LogP contribution >= 0.6 is 0 Å². The summed E-state index contributed by atoms with van der Waals surface area (Å²) in [6.07, 6.45) is 0. The second-order valence-electron chi connectivity index (χ2n) is 2.11. The van der Waals surface area contributed by atoms with Crippen LogP contribution in [0.2, 0.25) is 0 Å². The third-order valence-electron chi connectivity index (χ3n) is 0.911. The lowest BCUT2D eigenvalue weighted by atomic mass is 10.3. The van der Waals surface area contributed by atoms with E-state index in [2.05, 4.69) is 0 Å². The maximum Gasteiger partial charge on any atom is 0.631 e. The van der Waals surface area contributed by atoms with Gasteiger partial charge in [0, 0.05) is 6.54 Å². The largest absolute Gasteiger partial charge is 0.631 e. The molecule has 0 radical (unpaired) electrons. The molecule has 9 heteroatoms. The topological polar surface area (TPSA) is 123 Å². The lowest BCUT2D eigenvalue weighted by Gasteiger charge is -2.17. The Morgan fingerprint density at radius 3 is 1.53 bits per heavy atom. The Balaban J connectivity index is 0. The molecular formula is C6H18BNO7. The summed E-state index contributed by atoms with van der Waals surface area (Å²) in [6.45, 7) is 2.73. The number of hydrogen-bond acceptors (Lipinski definition) is 8. The Morgan fingerprint density at radius 1 is 1.00 bits per heavy atom. The molecule has 0 aromatic heterocycles. The fourth-order valence-corrected chi connectivity index (χ4v) is 0.505. The molecule has 0 aromatic carbocycles. The molecule has 92 valence electrons. The van der Waals surface area contributed by atoms with Crippen molar-refractivity contribution in [2.45, 2.75) is 6.92 Å². The van der Waals surface area contributed by atoms with E-state index in [0.717, 1.165) is 0 Å². The minimum Gasteiger partial charge on any atom is -0.402 e. The average molecular weight is 227 g/mol. The van der Waals surface area contributed by atoms with Gasteiger partial charge in [-0.25, -0.2) is 0 Å². The molecule has 0 amide bonds. The molecule has 5 N–H and O–H groups in total. The van der Waals surface area contributed by atoms with Crippen LogP contribution in [0.1, 0.15) is 6.92 Å². The minimum absolute atomic E-state index is 0.0427. The number of hydroxylamine groups is 2. The van der Waals surface area contributed by atoms with Crippen molar-refractivity contribution in [1.82, 2.24) is 5.23 Å². The maximum absolute atomic E-state index is 8.38. The maximum atomic E-state index is 8.38. The summed E-state index contributed by atoms with van der Waals surface area (Å²) in [4.78, 5) is 9.78. The summed E-state index contributed by atoms with van der Waals surface area (Å²) in [6, 6.07) is 0. The van der Waals surface area contributed by atoms with E-state index in [9.17, 15) is 0 Å². The number of nitrogens with zero attached hydrogens (tertiary/aromatic N) is 1. The Labute approximate surface area is 88.4 Å². The number of hydrogen-bond donors (Lipinski definition) is 5. The van der Waals surface area contributed by atoms with Gasteiger partial charge in [-0.3, -0.25) is 9.68 Å². The van der Waals surface area contributed by atoms with Crippen molar-refractivity contribution in [3.63, 3.8) is 0 Å². The highest BCUT2D eigenvalue weighted by Gasteiger charge is 2.00.